The van der Waals surface area contributed by atoms with Gasteiger partial charge >= 0.3 is 5.97 Å². The van der Waals surface area contributed by atoms with Gasteiger partial charge in [-0.3, -0.25) is 4.79 Å². The summed E-state index contributed by atoms with van der Waals surface area (Å²) in [5.74, 6) is -0.870. The maximum absolute atomic E-state index is 10.5. The number of halogens is 2. The summed E-state index contributed by atoms with van der Waals surface area (Å²) >= 11 is 11.6. The first-order valence-corrected chi connectivity index (χ1v) is 4.93. The molecule has 0 radical (unpaired) electrons. The van der Waals surface area contributed by atoms with Gasteiger partial charge in [0.2, 0.25) is 0 Å². The van der Waals surface area contributed by atoms with Crippen molar-refractivity contribution in [3.8, 4) is 0 Å². The highest BCUT2D eigenvalue weighted by Gasteiger charge is 2.11. The summed E-state index contributed by atoms with van der Waals surface area (Å²) in [6, 6.07) is 5.18. The third-order valence-corrected chi connectivity index (χ3v) is 2.73. The largest absolute Gasteiger partial charge is 0.481 e. The Labute approximate surface area is 92.5 Å². The van der Waals surface area contributed by atoms with Crippen LogP contribution in [0.3, 0.4) is 0 Å². The van der Waals surface area contributed by atoms with E-state index in [2.05, 4.69) is 0 Å². The second-order valence-electron chi connectivity index (χ2n) is 3.17. The van der Waals surface area contributed by atoms with E-state index in [0.29, 0.717) is 10.0 Å². The van der Waals surface area contributed by atoms with Crippen LogP contribution in [0, 0.1) is 0 Å². The minimum absolute atomic E-state index is 0.0535. The lowest BCUT2D eigenvalue weighted by atomic mass is 9.98. The number of carboxylic acids is 1. The van der Waals surface area contributed by atoms with E-state index in [0.717, 1.165) is 5.56 Å². The van der Waals surface area contributed by atoms with Gasteiger partial charge in [0, 0.05) is 0 Å². The van der Waals surface area contributed by atoms with E-state index in [-0.39, 0.29) is 12.3 Å². The Morgan fingerprint density at radius 2 is 2.07 bits per heavy atom. The molecule has 0 heterocycles. The molecule has 0 fully saturated rings. The third-order valence-electron chi connectivity index (χ3n) is 1.99. The lowest BCUT2D eigenvalue weighted by Gasteiger charge is -2.09. The fraction of sp³-hybridized carbons (Fsp3) is 0.300. The molecular weight excluding hydrogens is 223 g/mol. The molecular formula is C10H10Cl2O2. The summed E-state index contributed by atoms with van der Waals surface area (Å²) in [5, 5.41) is 9.55. The Kier molecular flexibility index (Phi) is 3.78. The van der Waals surface area contributed by atoms with E-state index < -0.39 is 5.97 Å². The van der Waals surface area contributed by atoms with Gasteiger partial charge in [-0.15, -0.1) is 0 Å². The molecule has 1 atom stereocenters. The molecule has 1 N–H and O–H groups in total. The number of carboxylic acid groups (broad SMARTS) is 1. The van der Waals surface area contributed by atoms with E-state index in [4.69, 9.17) is 28.3 Å². The Balaban J connectivity index is 2.85. The molecule has 76 valence electrons. The van der Waals surface area contributed by atoms with Crippen LogP contribution in [-0.2, 0) is 4.79 Å². The quantitative estimate of drug-likeness (QED) is 0.866. The SMILES string of the molecule is C[C@H](CC(=O)O)c1ccc(Cl)c(Cl)c1. The van der Waals surface area contributed by atoms with Gasteiger partial charge in [0.15, 0.2) is 0 Å². The molecule has 0 unspecified atom stereocenters. The molecule has 1 aromatic rings. The van der Waals surface area contributed by atoms with Crippen molar-refractivity contribution >= 4 is 29.2 Å². The van der Waals surface area contributed by atoms with Crippen LogP contribution in [0.1, 0.15) is 24.8 Å². The van der Waals surface area contributed by atoms with E-state index in [1.807, 2.05) is 6.92 Å². The van der Waals surface area contributed by atoms with Crippen molar-refractivity contribution in [1.29, 1.82) is 0 Å². The van der Waals surface area contributed by atoms with Gasteiger partial charge in [-0.05, 0) is 23.6 Å². The maximum Gasteiger partial charge on any atom is 0.303 e. The third kappa shape index (κ3) is 2.89. The Morgan fingerprint density at radius 3 is 2.57 bits per heavy atom. The van der Waals surface area contributed by atoms with E-state index >= 15 is 0 Å². The molecule has 0 saturated carbocycles. The molecule has 0 aromatic heterocycles. The normalized spacial score (nSPS) is 12.5. The summed E-state index contributed by atoms with van der Waals surface area (Å²) in [6.45, 7) is 1.84. The molecule has 0 amide bonds. The van der Waals surface area contributed by atoms with Crippen molar-refractivity contribution in [2.45, 2.75) is 19.3 Å². The highest BCUT2D eigenvalue weighted by molar-refractivity contribution is 6.42. The van der Waals surface area contributed by atoms with Crippen molar-refractivity contribution in [3.05, 3.63) is 33.8 Å². The highest BCUT2D eigenvalue weighted by atomic mass is 35.5. The number of carbonyl (C=O) groups is 1. The average molecular weight is 233 g/mol. The molecule has 4 heteroatoms. The molecule has 0 bridgehead atoms. The first kappa shape index (κ1) is 11.3. The van der Waals surface area contributed by atoms with Crippen LogP contribution < -0.4 is 0 Å². The summed E-state index contributed by atoms with van der Waals surface area (Å²) in [4.78, 5) is 10.5. The first-order valence-electron chi connectivity index (χ1n) is 4.17. The maximum atomic E-state index is 10.5. The second-order valence-corrected chi connectivity index (χ2v) is 3.99. The zero-order valence-corrected chi connectivity index (χ0v) is 9.14. The minimum atomic E-state index is -0.816. The highest BCUT2D eigenvalue weighted by Crippen LogP contribution is 2.27. The van der Waals surface area contributed by atoms with Gasteiger partial charge in [-0.1, -0.05) is 36.2 Å². The smallest absolute Gasteiger partial charge is 0.303 e. The summed E-state index contributed by atoms with van der Waals surface area (Å²) < 4.78 is 0. The van der Waals surface area contributed by atoms with E-state index in [1.165, 1.54) is 0 Å². The molecule has 0 aliphatic rings. The van der Waals surface area contributed by atoms with Gasteiger partial charge < -0.3 is 5.11 Å². The number of benzene rings is 1. The van der Waals surface area contributed by atoms with Crippen molar-refractivity contribution in [2.75, 3.05) is 0 Å². The average Bonchev–Trinajstić information content (AvgIpc) is 2.08. The van der Waals surface area contributed by atoms with E-state index in [9.17, 15) is 4.79 Å². The first-order chi connectivity index (χ1) is 6.50. The number of aliphatic carboxylic acids is 1. The Hall–Kier alpha value is -0.730. The van der Waals surface area contributed by atoms with Crippen molar-refractivity contribution in [2.24, 2.45) is 0 Å². The molecule has 0 saturated heterocycles. The van der Waals surface area contributed by atoms with Gasteiger partial charge in [0.25, 0.3) is 0 Å². The standard InChI is InChI=1S/C10H10Cl2O2/c1-6(4-10(13)14)7-2-3-8(11)9(12)5-7/h2-3,5-6H,4H2,1H3,(H,13,14)/t6-/m1/s1. The second kappa shape index (κ2) is 4.67. The molecule has 2 nitrogen and oxygen atoms in total. The zero-order valence-electron chi connectivity index (χ0n) is 7.63. The molecule has 1 aromatic carbocycles. The van der Waals surface area contributed by atoms with Crippen molar-refractivity contribution in [1.82, 2.24) is 0 Å². The summed E-state index contributed by atoms with van der Waals surface area (Å²) in [7, 11) is 0. The Morgan fingerprint density at radius 1 is 1.43 bits per heavy atom. The van der Waals surface area contributed by atoms with Gasteiger partial charge in [-0.25, -0.2) is 0 Å². The summed E-state index contributed by atoms with van der Waals surface area (Å²) in [5.41, 5.74) is 0.891. The molecule has 1 rings (SSSR count). The summed E-state index contributed by atoms with van der Waals surface area (Å²) in [6.07, 6.45) is 0.0952. The molecule has 14 heavy (non-hydrogen) atoms. The predicted octanol–water partition coefficient (Wildman–Crippen LogP) is 3.57. The number of hydrogen-bond acceptors (Lipinski definition) is 1. The van der Waals surface area contributed by atoms with Crippen LogP contribution in [0.2, 0.25) is 10.0 Å². The van der Waals surface area contributed by atoms with E-state index in [1.54, 1.807) is 18.2 Å². The van der Waals surface area contributed by atoms with Crippen molar-refractivity contribution in [3.63, 3.8) is 0 Å². The molecule has 0 spiro atoms. The fourth-order valence-electron chi connectivity index (χ4n) is 1.20. The van der Waals surface area contributed by atoms with Gasteiger partial charge in [0.05, 0.1) is 16.5 Å². The lowest BCUT2D eigenvalue weighted by molar-refractivity contribution is -0.137. The van der Waals surface area contributed by atoms with Crippen LogP contribution in [0.25, 0.3) is 0 Å². The zero-order chi connectivity index (χ0) is 10.7. The number of hydrogen-bond donors (Lipinski definition) is 1. The fourth-order valence-corrected chi connectivity index (χ4v) is 1.51. The minimum Gasteiger partial charge on any atom is -0.481 e. The topological polar surface area (TPSA) is 37.3 Å². The molecule has 0 aliphatic heterocycles. The Bertz CT molecular complexity index is 350. The van der Waals surface area contributed by atoms with Crippen LogP contribution in [0.5, 0.6) is 0 Å². The van der Waals surface area contributed by atoms with Crippen LogP contribution in [0.15, 0.2) is 18.2 Å². The monoisotopic (exact) mass is 232 g/mol. The van der Waals surface area contributed by atoms with Crippen LogP contribution in [-0.4, -0.2) is 11.1 Å². The predicted molar refractivity (Wildman–Crippen MR) is 57.1 cm³/mol. The van der Waals surface area contributed by atoms with Gasteiger partial charge in [0.1, 0.15) is 0 Å². The van der Waals surface area contributed by atoms with Crippen LogP contribution in [0.4, 0.5) is 0 Å². The van der Waals surface area contributed by atoms with Gasteiger partial charge in [-0.2, -0.15) is 0 Å². The lowest BCUT2D eigenvalue weighted by Crippen LogP contribution is -2.02. The van der Waals surface area contributed by atoms with Crippen LogP contribution >= 0.6 is 23.2 Å². The number of rotatable bonds is 3. The van der Waals surface area contributed by atoms with Crippen molar-refractivity contribution < 1.29 is 9.90 Å². The molecule has 0 aliphatic carbocycles.